The summed E-state index contributed by atoms with van der Waals surface area (Å²) in [4.78, 5) is 13.0. The maximum absolute atomic E-state index is 13.0. The summed E-state index contributed by atoms with van der Waals surface area (Å²) in [5.74, 6) is -0.142. The molecule has 1 aliphatic heterocycles. The van der Waals surface area contributed by atoms with Gasteiger partial charge in [-0.1, -0.05) is 42.0 Å². The Balaban J connectivity index is 1.96. The zero-order valence-electron chi connectivity index (χ0n) is 14.5. The van der Waals surface area contributed by atoms with Gasteiger partial charge >= 0.3 is 0 Å². The number of carbonyl (C=O) groups excluding carboxylic acids is 1. The van der Waals surface area contributed by atoms with Crippen LogP contribution in [0.4, 0.5) is 5.69 Å². The zero-order chi connectivity index (χ0) is 18.0. The minimum absolute atomic E-state index is 0.142. The molecule has 0 aliphatic carbocycles. The molecule has 0 radical (unpaired) electrons. The Kier molecular flexibility index (Phi) is 4.86. The summed E-state index contributed by atoms with van der Waals surface area (Å²) in [5, 5.41) is 9.80. The third-order valence-corrected chi connectivity index (χ3v) is 4.54. The SMILES string of the molecule is CC1=C(C(=O)Nc2ccc(C)cc2)C(c2ccccc2C)NC(=S)N1. The average Bonchev–Trinajstić information content (AvgIpc) is 2.56. The monoisotopic (exact) mass is 351 g/mol. The number of hydrogen-bond acceptors (Lipinski definition) is 2. The van der Waals surface area contributed by atoms with Crippen molar-refractivity contribution in [3.05, 3.63) is 76.5 Å². The lowest BCUT2D eigenvalue weighted by atomic mass is 9.92. The van der Waals surface area contributed by atoms with Crippen molar-refractivity contribution >= 4 is 28.9 Å². The Morgan fingerprint density at radius 3 is 2.40 bits per heavy atom. The normalized spacial score (nSPS) is 16.9. The van der Waals surface area contributed by atoms with Crippen LogP contribution in [-0.2, 0) is 4.79 Å². The molecular formula is C20H21N3OS. The second kappa shape index (κ2) is 7.07. The van der Waals surface area contributed by atoms with E-state index in [-0.39, 0.29) is 11.9 Å². The first kappa shape index (κ1) is 17.2. The Bertz CT molecular complexity index is 855. The molecule has 1 aliphatic rings. The highest BCUT2D eigenvalue weighted by Crippen LogP contribution is 2.29. The van der Waals surface area contributed by atoms with Crippen LogP contribution in [-0.4, -0.2) is 11.0 Å². The first-order valence-corrected chi connectivity index (χ1v) is 8.58. The Morgan fingerprint density at radius 1 is 1.04 bits per heavy atom. The number of benzene rings is 2. The Morgan fingerprint density at radius 2 is 1.72 bits per heavy atom. The van der Waals surface area contributed by atoms with Gasteiger partial charge in [0.05, 0.1) is 11.6 Å². The highest BCUT2D eigenvalue weighted by atomic mass is 32.1. The summed E-state index contributed by atoms with van der Waals surface area (Å²) >= 11 is 5.30. The van der Waals surface area contributed by atoms with Gasteiger partial charge in [-0.25, -0.2) is 0 Å². The molecule has 128 valence electrons. The third kappa shape index (κ3) is 3.72. The number of carbonyl (C=O) groups is 1. The summed E-state index contributed by atoms with van der Waals surface area (Å²) < 4.78 is 0. The maximum Gasteiger partial charge on any atom is 0.255 e. The van der Waals surface area contributed by atoms with E-state index in [0.29, 0.717) is 10.7 Å². The van der Waals surface area contributed by atoms with Crippen molar-refractivity contribution in [1.29, 1.82) is 0 Å². The summed E-state index contributed by atoms with van der Waals surface area (Å²) in [6, 6.07) is 15.5. The van der Waals surface area contributed by atoms with E-state index < -0.39 is 0 Å². The lowest BCUT2D eigenvalue weighted by Crippen LogP contribution is -2.46. The van der Waals surface area contributed by atoms with Crippen molar-refractivity contribution in [2.75, 3.05) is 5.32 Å². The lowest BCUT2D eigenvalue weighted by molar-refractivity contribution is -0.113. The number of allylic oxidation sites excluding steroid dienone is 1. The molecule has 2 aromatic rings. The minimum atomic E-state index is -0.277. The van der Waals surface area contributed by atoms with Crippen molar-refractivity contribution in [2.45, 2.75) is 26.8 Å². The van der Waals surface area contributed by atoms with Gasteiger partial charge in [-0.3, -0.25) is 4.79 Å². The van der Waals surface area contributed by atoms with E-state index in [1.807, 2.05) is 69.3 Å². The standard InChI is InChI=1S/C20H21N3OS/c1-12-8-10-15(11-9-12)22-19(24)17-14(3)21-20(25)23-18(17)16-7-5-4-6-13(16)2/h4-11,18H,1-3H3,(H,22,24)(H2,21,23,25). The quantitative estimate of drug-likeness (QED) is 0.738. The van der Waals surface area contributed by atoms with Gasteiger partial charge in [-0.05, 0) is 56.2 Å². The second-order valence-electron chi connectivity index (χ2n) is 6.25. The van der Waals surface area contributed by atoms with Crippen LogP contribution >= 0.6 is 12.2 Å². The Hall–Kier alpha value is -2.66. The molecule has 1 heterocycles. The molecule has 25 heavy (non-hydrogen) atoms. The summed E-state index contributed by atoms with van der Waals surface area (Å²) in [7, 11) is 0. The van der Waals surface area contributed by atoms with Crippen LogP contribution in [0.15, 0.2) is 59.8 Å². The smallest absolute Gasteiger partial charge is 0.255 e. The lowest BCUT2D eigenvalue weighted by Gasteiger charge is -2.31. The fourth-order valence-corrected chi connectivity index (χ4v) is 3.25. The average molecular weight is 351 g/mol. The molecule has 1 atom stereocenters. The molecule has 0 saturated heterocycles. The van der Waals surface area contributed by atoms with Gasteiger partial charge in [0.1, 0.15) is 0 Å². The number of nitrogens with one attached hydrogen (secondary N) is 3. The van der Waals surface area contributed by atoms with E-state index in [9.17, 15) is 4.79 Å². The van der Waals surface area contributed by atoms with Crippen LogP contribution in [0.2, 0.25) is 0 Å². The molecular weight excluding hydrogens is 330 g/mol. The second-order valence-corrected chi connectivity index (χ2v) is 6.66. The topological polar surface area (TPSA) is 53.2 Å². The number of amides is 1. The van der Waals surface area contributed by atoms with E-state index in [4.69, 9.17) is 12.2 Å². The summed E-state index contributed by atoms with van der Waals surface area (Å²) in [5.41, 5.74) is 5.48. The first-order chi connectivity index (χ1) is 12.0. The molecule has 1 amide bonds. The molecule has 5 heteroatoms. The summed E-state index contributed by atoms with van der Waals surface area (Å²) in [6.07, 6.45) is 0. The fourth-order valence-electron chi connectivity index (χ4n) is 2.97. The molecule has 2 aromatic carbocycles. The largest absolute Gasteiger partial charge is 0.351 e. The number of anilines is 1. The number of rotatable bonds is 3. The number of hydrogen-bond donors (Lipinski definition) is 3. The van der Waals surface area contributed by atoms with Gasteiger partial charge in [0, 0.05) is 11.4 Å². The van der Waals surface area contributed by atoms with Crippen molar-refractivity contribution < 1.29 is 4.79 Å². The number of aryl methyl sites for hydroxylation is 2. The molecule has 3 N–H and O–H groups in total. The van der Waals surface area contributed by atoms with Crippen molar-refractivity contribution in [3.8, 4) is 0 Å². The molecule has 1 unspecified atom stereocenters. The van der Waals surface area contributed by atoms with Crippen LogP contribution in [0, 0.1) is 13.8 Å². The van der Waals surface area contributed by atoms with E-state index in [0.717, 1.165) is 28.1 Å². The van der Waals surface area contributed by atoms with Crippen molar-refractivity contribution in [1.82, 2.24) is 10.6 Å². The van der Waals surface area contributed by atoms with E-state index in [1.165, 1.54) is 0 Å². The van der Waals surface area contributed by atoms with Crippen molar-refractivity contribution in [3.63, 3.8) is 0 Å². The highest BCUT2D eigenvalue weighted by Gasteiger charge is 2.30. The predicted molar refractivity (Wildman–Crippen MR) is 105 cm³/mol. The summed E-state index contributed by atoms with van der Waals surface area (Å²) in [6.45, 7) is 5.93. The van der Waals surface area contributed by atoms with E-state index in [2.05, 4.69) is 16.0 Å². The van der Waals surface area contributed by atoms with E-state index in [1.54, 1.807) is 0 Å². The van der Waals surface area contributed by atoms with Crippen LogP contribution in [0.3, 0.4) is 0 Å². The van der Waals surface area contributed by atoms with Gasteiger partial charge in [0.2, 0.25) is 0 Å². The molecule has 3 rings (SSSR count). The van der Waals surface area contributed by atoms with Gasteiger partial charge in [-0.2, -0.15) is 0 Å². The van der Waals surface area contributed by atoms with Gasteiger partial charge in [0.25, 0.3) is 5.91 Å². The molecule has 0 spiro atoms. The van der Waals surface area contributed by atoms with Crippen LogP contribution < -0.4 is 16.0 Å². The van der Waals surface area contributed by atoms with Gasteiger partial charge < -0.3 is 16.0 Å². The first-order valence-electron chi connectivity index (χ1n) is 8.17. The van der Waals surface area contributed by atoms with Crippen LogP contribution in [0.25, 0.3) is 0 Å². The molecule has 0 saturated carbocycles. The molecule has 0 fully saturated rings. The minimum Gasteiger partial charge on any atom is -0.351 e. The van der Waals surface area contributed by atoms with Crippen LogP contribution in [0.5, 0.6) is 0 Å². The molecule has 0 bridgehead atoms. The highest BCUT2D eigenvalue weighted by molar-refractivity contribution is 7.80. The fraction of sp³-hybridized carbons (Fsp3) is 0.200. The van der Waals surface area contributed by atoms with Gasteiger partial charge in [0.15, 0.2) is 5.11 Å². The van der Waals surface area contributed by atoms with E-state index >= 15 is 0 Å². The molecule has 0 aromatic heterocycles. The maximum atomic E-state index is 13.0. The molecule has 4 nitrogen and oxygen atoms in total. The van der Waals surface area contributed by atoms with Crippen LogP contribution in [0.1, 0.15) is 29.7 Å². The van der Waals surface area contributed by atoms with Gasteiger partial charge in [-0.15, -0.1) is 0 Å². The zero-order valence-corrected chi connectivity index (χ0v) is 15.3. The Labute approximate surface area is 153 Å². The third-order valence-electron chi connectivity index (χ3n) is 4.32. The van der Waals surface area contributed by atoms with Crippen molar-refractivity contribution in [2.24, 2.45) is 0 Å². The number of thiocarbonyl (C=S) groups is 1. The predicted octanol–water partition coefficient (Wildman–Crippen LogP) is 3.73.